The SMILES string of the molecule is C=C1/C=C(c2ccc(N3c4ccccc4Sc4ccccc43)cc2)\C=C/N(c2ccc(-c3ccccc3)cc2)c2ccc(-c3ccc(N4c5ccccc5Sc5ccccc54)cc3)cc21. The number of nitrogens with zero attached hydrogens (tertiary/aromatic N) is 3. The minimum Gasteiger partial charge on any atom is -0.317 e. The summed E-state index contributed by atoms with van der Waals surface area (Å²) in [5.41, 5.74) is 18.1. The molecule has 0 atom stereocenters. The molecule has 0 spiro atoms. The van der Waals surface area contributed by atoms with E-state index in [2.05, 4.69) is 251 Å². The van der Waals surface area contributed by atoms with Crippen molar-refractivity contribution in [2.24, 2.45) is 0 Å². The zero-order chi connectivity index (χ0) is 43.3. The van der Waals surface area contributed by atoms with Crippen LogP contribution in [0.3, 0.4) is 0 Å². The highest BCUT2D eigenvalue weighted by atomic mass is 32.2. The van der Waals surface area contributed by atoms with Crippen molar-refractivity contribution in [2.45, 2.75) is 19.6 Å². The molecule has 0 saturated heterocycles. The van der Waals surface area contributed by atoms with Crippen molar-refractivity contribution >= 4 is 80.2 Å². The summed E-state index contributed by atoms with van der Waals surface area (Å²) in [5, 5.41) is 0. The predicted molar refractivity (Wildman–Crippen MR) is 276 cm³/mol. The molecular formula is C60H41N3S2. The van der Waals surface area contributed by atoms with Gasteiger partial charge in [0.1, 0.15) is 0 Å². The highest BCUT2D eigenvalue weighted by Gasteiger charge is 2.26. The van der Waals surface area contributed by atoms with E-state index in [1.807, 2.05) is 23.5 Å². The van der Waals surface area contributed by atoms with Crippen LogP contribution >= 0.6 is 23.5 Å². The normalized spacial score (nSPS) is 15.0. The molecule has 0 N–H and O–H groups in total. The fourth-order valence-electron chi connectivity index (χ4n) is 9.15. The van der Waals surface area contributed by atoms with Gasteiger partial charge in [-0.25, -0.2) is 0 Å². The molecule has 0 unspecified atom stereocenters. The van der Waals surface area contributed by atoms with Crippen molar-refractivity contribution in [3.8, 4) is 22.3 Å². The van der Waals surface area contributed by atoms with E-state index in [4.69, 9.17) is 6.58 Å². The van der Waals surface area contributed by atoms with Crippen molar-refractivity contribution in [2.75, 3.05) is 14.7 Å². The Labute approximate surface area is 389 Å². The summed E-state index contributed by atoms with van der Waals surface area (Å²) < 4.78 is 0. The summed E-state index contributed by atoms with van der Waals surface area (Å²) >= 11 is 3.66. The Morgan fingerprint density at radius 3 is 1.25 bits per heavy atom. The van der Waals surface area contributed by atoms with Gasteiger partial charge < -0.3 is 14.7 Å². The maximum atomic E-state index is 4.75. The predicted octanol–water partition coefficient (Wildman–Crippen LogP) is 17.7. The third-order valence-corrected chi connectivity index (χ3v) is 14.6. The molecule has 0 saturated carbocycles. The standard InChI is InChI=1S/C60H41N3S2/c1-41-39-47(45-27-34-50(35-28-45)63-55-17-7-11-21-59(55)65-60-22-12-8-18-56(60)63)37-38-61(48-30-23-43(24-31-48)42-13-3-2-4-14-42)52-36-29-46(40-51(41)52)44-25-32-49(33-26-44)62-53-15-5-9-19-57(53)64-58-20-10-6-16-54(58)62/h2-40H,1H2/b38-37-,47-39+. The summed E-state index contributed by atoms with van der Waals surface area (Å²) in [6.45, 7) is 4.75. The van der Waals surface area contributed by atoms with Crippen molar-refractivity contribution in [3.63, 3.8) is 0 Å². The maximum Gasteiger partial charge on any atom is 0.0601 e. The van der Waals surface area contributed by atoms with Crippen LogP contribution < -0.4 is 14.7 Å². The van der Waals surface area contributed by atoms with Gasteiger partial charge >= 0.3 is 0 Å². The zero-order valence-corrected chi connectivity index (χ0v) is 37.0. The lowest BCUT2D eigenvalue weighted by molar-refractivity contribution is 1.16. The molecule has 3 nitrogen and oxygen atoms in total. The van der Waals surface area contributed by atoms with Crippen LogP contribution in [-0.4, -0.2) is 0 Å². The third kappa shape index (κ3) is 7.16. The molecule has 0 aromatic heterocycles. The fraction of sp³-hybridized carbons (Fsp3) is 0. The molecule has 0 fully saturated rings. The minimum absolute atomic E-state index is 0.947. The lowest BCUT2D eigenvalue weighted by Crippen LogP contribution is -2.14. The van der Waals surface area contributed by atoms with Crippen LogP contribution in [-0.2, 0) is 0 Å². The Morgan fingerprint density at radius 2 is 0.738 bits per heavy atom. The number of benzene rings is 9. The van der Waals surface area contributed by atoms with E-state index < -0.39 is 0 Å². The van der Waals surface area contributed by atoms with Gasteiger partial charge in [0, 0.05) is 48.4 Å². The first kappa shape index (κ1) is 38.9. The van der Waals surface area contributed by atoms with Crippen LogP contribution in [0.5, 0.6) is 0 Å². The van der Waals surface area contributed by atoms with Crippen molar-refractivity contribution < 1.29 is 0 Å². The number of hydrogen-bond donors (Lipinski definition) is 0. The van der Waals surface area contributed by atoms with Gasteiger partial charge in [-0.05, 0) is 148 Å². The van der Waals surface area contributed by atoms with E-state index in [0.717, 1.165) is 56.1 Å². The first-order valence-corrected chi connectivity index (χ1v) is 23.5. The van der Waals surface area contributed by atoms with E-state index in [1.54, 1.807) is 0 Å². The monoisotopic (exact) mass is 867 g/mol. The lowest BCUT2D eigenvalue weighted by Gasteiger charge is -2.33. The second-order valence-corrected chi connectivity index (χ2v) is 18.5. The zero-order valence-electron chi connectivity index (χ0n) is 35.4. The average Bonchev–Trinajstić information content (AvgIpc) is 3.37. The molecular weight excluding hydrogens is 827 g/mol. The molecule has 9 aromatic carbocycles. The second kappa shape index (κ2) is 16.5. The third-order valence-electron chi connectivity index (χ3n) is 12.4. The molecule has 12 rings (SSSR count). The van der Waals surface area contributed by atoms with Crippen LogP contribution in [0.4, 0.5) is 45.5 Å². The van der Waals surface area contributed by atoms with Gasteiger partial charge in [-0.3, -0.25) is 0 Å². The van der Waals surface area contributed by atoms with Gasteiger partial charge in [0.05, 0.1) is 28.4 Å². The molecule has 3 heterocycles. The van der Waals surface area contributed by atoms with E-state index in [1.165, 1.54) is 53.5 Å². The number of allylic oxidation sites excluding steroid dienone is 4. The first-order valence-electron chi connectivity index (χ1n) is 21.8. The number of fused-ring (bicyclic) bond motifs is 5. The molecule has 3 aliphatic heterocycles. The smallest absolute Gasteiger partial charge is 0.0601 e. The summed E-state index contributed by atoms with van der Waals surface area (Å²) in [4.78, 5) is 12.1. The molecule has 3 aliphatic rings. The highest BCUT2D eigenvalue weighted by Crippen LogP contribution is 2.53. The van der Waals surface area contributed by atoms with E-state index in [0.29, 0.717) is 0 Å². The Bertz CT molecular complexity index is 3240. The first-order chi connectivity index (χ1) is 32.1. The Balaban J connectivity index is 0.918. The van der Waals surface area contributed by atoms with Crippen LogP contribution in [0.1, 0.15) is 11.1 Å². The molecule has 9 aromatic rings. The Morgan fingerprint density at radius 1 is 0.338 bits per heavy atom. The van der Waals surface area contributed by atoms with Crippen molar-refractivity contribution in [1.29, 1.82) is 0 Å². The van der Waals surface area contributed by atoms with Crippen LogP contribution in [0.25, 0.3) is 33.4 Å². The topological polar surface area (TPSA) is 9.72 Å². The van der Waals surface area contributed by atoms with Gasteiger partial charge in [0.25, 0.3) is 0 Å². The van der Waals surface area contributed by atoms with Crippen LogP contribution in [0, 0.1) is 0 Å². The summed E-state index contributed by atoms with van der Waals surface area (Å²) in [6, 6.07) is 78.8. The van der Waals surface area contributed by atoms with Gasteiger partial charge in [-0.15, -0.1) is 0 Å². The minimum atomic E-state index is 0.947. The molecule has 0 bridgehead atoms. The lowest BCUT2D eigenvalue weighted by atomic mass is 9.93. The fourth-order valence-corrected chi connectivity index (χ4v) is 11.3. The average molecular weight is 868 g/mol. The van der Waals surface area contributed by atoms with Crippen molar-refractivity contribution in [3.05, 3.63) is 254 Å². The maximum absolute atomic E-state index is 4.75. The van der Waals surface area contributed by atoms with Crippen LogP contribution in [0.15, 0.2) is 263 Å². The summed E-state index contributed by atoms with van der Waals surface area (Å²) in [7, 11) is 0. The Hall–Kier alpha value is -7.70. The molecule has 0 radical (unpaired) electrons. The second-order valence-electron chi connectivity index (χ2n) is 16.3. The molecule has 5 heteroatoms. The molecule has 308 valence electrons. The van der Waals surface area contributed by atoms with Gasteiger partial charge in [0.15, 0.2) is 0 Å². The number of rotatable bonds is 6. The molecule has 0 amide bonds. The quantitative estimate of drug-likeness (QED) is 0.164. The molecule has 0 aliphatic carbocycles. The van der Waals surface area contributed by atoms with E-state index in [-0.39, 0.29) is 0 Å². The number of anilines is 8. The summed E-state index contributed by atoms with van der Waals surface area (Å²) in [6.07, 6.45) is 6.66. The van der Waals surface area contributed by atoms with E-state index >= 15 is 0 Å². The largest absolute Gasteiger partial charge is 0.317 e. The number of para-hydroxylation sites is 4. The van der Waals surface area contributed by atoms with E-state index in [9.17, 15) is 0 Å². The highest BCUT2D eigenvalue weighted by molar-refractivity contribution is 8.00. The van der Waals surface area contributed by atoms with Crippen molar-refractivity contribution in [1.82, 2.24) is 0 Å². The molecule has 65 heavy (non-hydrogen) atoms. The Kier molecular flexibility index (Phi) is 9.85. The van der Waals surface area contributed by atoms with Gasteiger partial charge in [-0.2, -0.15) is 0 Å². The summed E-state index contributed by atoms with van der Waals surface area (Å²) in [5.74, 6) is 0. The number of hydrogen-bond acceptors (Lipinski definition) is 5. The van der Waals surface area contributed by atoms with Gasteiger partial charge in [0.2, 0.25) is 0 Å². The van der Waals surface area contributed by atoms with Gasteiger partial charge in [-0.1, -0.05) is 151 Å². The van der Waals surface area contributed by atoms with Crippen LogP contribution in [0.2, 0.25) is 0 Å².